The Kier molecular flexibility index (Phi) is 4.86. The third-order valence-electron chi connectivity index (χ3n) is 3.00. The molecule has 0 aromatic carbocycles. The fraction of sp³-hybridized carbons (Fsp3) is 0.727. The SMILES string of the molecule is CC1(NC(=O)C(=O)NCC(N)=S)CCCCC1. The van der Waals surface area contributed by atoms with E-state index in [2.05, 4.69) is 22.9 Å². The maximum absolute atomic E-state index is 11.6. The zero-order valence-corrected chi connectivity index (χ0v) is 10.9. The average Bonchev–Trinajstić information content (AvgIpc) is 2.26. The van der Waals surface area contributed by atoms with Crippen LogP contribution in [-0.4, -0.2) is 28.9 Å². The quantitative estimate of drug-likeness (QED) is 0.499. The molecule has 6 heteroatoms. The van der Waals surface area contributed by atoms with Gasteiger partial charge in [-0.25, -0.2) is 0 Å². The summed E-state index contributed by atoms with van der Waals surface area (Å²) in [7, 11) is 0. The van der Waals surface area contributed by atoms with Crippen LogP contribution in [0, 0.1) is 0 Å². The number of nitrogens with two attached hydrogens (primary N) is 1. The highest BCUT2D eigenvalue weighted by Gasteiger charge is 2.30. The van der Waals surface area contributed by atoms with Gasteiger partial charge < -0.3 is 16.4 Å². The lowest BCUT2D eigenvalue weighted by Crippen LogP contribution is -2.52. The number of hydrogen-bond acceptors (Lipinski definition) is 3. The molecule has 0 aromatic rings. The van der Waals surface area contributed by atoms with E-state index in [-0.39, 0.29) is 17.1 Å². The first kappa shape index (κ1) is 13.9. The van der Waals surface area contributed by atoms with Gasteiger partial charge in [0.2, 0.25) is 0 Å². The molecule has 0 saturated heterocycles. The van der Waals surface area contributed by atoms with Gasteiger partial charge in [0, 0.05) is 5.54 Å². The lowest BCUT2D eigenvalue weighted by molar-refractivity contribution is -0.140. The second-order valence-corrected chi connectivity index (χ2v) is 5.25. The molecule has 0 bridgehead atoms. The predicted octanol–water partition coefficient (Wildman–Crippen LogP) is 0.228. The summed E-state index contributed by atoms with van der Waals surface area (Å²) in [4.78, 5) is 23.2. The Morgan fingerprint density at radius 2 is 1.82 bits per heavy atom. The summed E-state index contributed by atoms with van der Waals surface area (Å²) in [6, 6.07) is 0. The van der Waals surface area contributed by atoms with Crippen LogP contribution in [0.2, 0.25) is 0 Å². The largest absolute Gasteiger partial charge is 0.392 e. The van der Waals surface area contributed by atoms with Crippen LogP contribution in [0.3, 0.4) is 0 Å². The summed E-state index contributed by atoms with van der Waals surface area (Å²) in [6.45, 7) is 2.03. The van der Waals surface area contributed by atoms with Gasteiger partial charge in [-0.05, 0) is 19.8 Å². The van der Waals surface area contributed by atoms with E-state index in [1.165, 1.54) is 6.42 Å². The molecule has 0 radical (unpaired) electrons. The Morgan fingerprint density at radius 1 is 1.24 bits per heavy atom. The molecule has 1 fully saturated rings. The van der Waals surface area contributed by atoms with Crippen molar-refractivity contribution in [2.24, 2.45) is 5.73 Å². The normalized spacial score (nSPS) is 18.2. The Hall–Kier alpha value is -1.17. The smallest absolute Gasteiger partial charge is 0.309 e. The molecule has 0 aliphatic heterocycles. The maximum atomic E-state index is 11.6. The molecule has 1 rings (SSSR count). The standard InChI is InChI=1S/C11H19N3O2S/c1-11(5-3-2-4-6-11)14-10(16)9(15)13-7-8(12)17/h2-7H2,1H3,(H2,12,17)(H,13,15)(H,14,16). The highest BCUT2D eigenvalue weighted by molar-refractivity contribution is 7.80. The Morgan fingerprint density at radius 3 is 2.35 bits per heavy atom. The van der Waals surface area contributed by atoms with Gasteiger partial charge in [-0.3, -0.25) is 9.59 Å². The van der Waals surface area contributed by atoms with Crippen molar-refractivity contribution < 1.29 is 9.59 Å². The van der Waals surface area contributed by atoms with Gasteiger partial charge in [0.15, 0.2) is 0 Å². The van der Waals surface area contributed by atoms with E-state index in [9.17, 15) is 9.59 Å². The lowest BCUT2D eigenvalue weighted by Gasteiger charge is -2.34. The summed E-state index contributed by atoms with van der Waals surface area (Å²) < 4.78 is 0. The van der Waals surface area contributed by atoms with Crippen molar-refractivity contribution in [3.63, 3.8) is 0 Å². The highest BCUT2D eigenvalue weighted by atomic mass is 32.1. The number of hydrogen-bond donors (Lipinski definition) is 3. The summed E-state index contributed by atoms with van der Waals surface area (Å²) in [5.41, 5.74) is 4.98. The van der Waals surface area contributed by atoms with E-state index < -0.39 is 11.8 Å². The number of carbonyl (C=O) groups is 2. The zero-order valence-electron chi connectivity index (χ0n) is 10.0. The molecule has 1 aliphatic carbocycles. The fourth-order valence-electron chi connectivity index (χ4n) is 2.04. The molecular formula is C11H19N3O2S. The third kappa shape index (κ3) is 4.68. The molecule has 1 saturated carbocycles. The molecular weight excluding hydrogens is 238 g/mol. The monoisotopic (exact) mass is 257 g/mol. The number of carbonyl (C=O) groups excluding carboxylic acids is 2. The molecule has 1 aliphatic rings. The van der Waals surface area contributed by atoms with E-state index in [0.717, 1.165) is 25.7 Å². The van der Waals surface area contributed by atoms with Gasteiger partial charge in [0.1, 0.15) is 0 Å². The van der Waals surface area contributed by atoms with Crippen LogP contribution in [0.1, 0.15) is 39.0 Å². The maximum Gasteiger partial charge on any atom is 0.309 e. The highest BCUT2D eigenvalue weighted by Crippen LogP contribution is 2.27. The minimum absolute atomic E-state index is 0.0539. The second-order valence-electron chi connectivity index (χ2n) is 4.72. The van der Waals surface area contributed by atoms with Crippen molar-refractivity contribution in [3.8, 4) is 0 Å². The number of nitrogens with one attached hydrogen (secondary N) is 2. The minimum Gasteiger partial charge on any atom is -0.392 e. The van der Waals surface area contributed by atoms with Gasteiger partial charge in [-0.2, -0.15) is 0 Å². The van der Waals surface area contributed by atoms with Crippen LogP contribution < -0.4 is 16.4 Å². The summed E-state index contributed by atoms with van der Waals surface area (Å²) in [5, 5.41) is 5.16. The van der Waals surface area contributed by atoms with Crippen LogP contribution >= 0.6 is 12.2 Å². The van der Waals surface area contributed by atoms with Crippen LogP contribution in [0.4, 0.5) is 0 Å². The summed E-state index contributed by atoms with van der Waals surface area (Å²) >= 11 is 4.62. The van der Waals surface area contributed by atoms with Crippen molar-refractivity contribution in [1.29, 1.82) is 0 Å². The Bertz CT molecular complexity index is 325. The molecule has 2 amide bonds. The molecule has 4 N–H and O–H groups in total. The molecule has 0 heterocycles. The topological polar surface area (TPSA) is 84.2 Å². The molecule has 0 atom stereocenters. The van der Waals surface area contributed by atoms with Crippen LogP contribution in [-0.2, 0) is 9.59 Å². The van der Waals surface area contributed by atoms with E-state index in [4.69, 9.17) is 5.73 Å². The van der Waals surface area contributed by atoms with Crippen molar-refractivity contribution in [1.82, 2.24) is 10.6 Å². The van der Waals surface area contributed by atoms with Crippen molar-refractivity contribution in [2.75, 3.05) is 6.54 Å². The average molecular weight is 257 g/mol. The Balaban J connectivity index is 2.42. The fourth-order valence-corrected chi connectivity index (χ4v) is 2.11. The first-order chi connectivity index (χ1) is 7.93. The summed E-state index contributed by atoms with van der Waals surface area (Å²) in [5.74, 6) is -1.28. The second kappa shape index (κ2) is 5.95. The first-order valence-corrected chi connectivity index (χ1v) is 6.22. The van der Waals surface area contributed by atoms with E-state index >= 15 is 0 Å². The van der Waals surface area contributed by atoms with Crippen LogP contribution in [0.5, 0.6) is 0 Å². The van der Waals surface area contributed by atoms with Gasteiger partial charge in [0.05, 0.1) is 11.5 Å². The third-order valence-corrected chi connectivity index (χ3v) is 3.15. The molecule has 0 aromatic heterocycles. The van der Waals surface area contributed by atoms with Crippen molar-refractivity contribution in [2.45, 2.75) is 44.6 Å². The number of rotatable bonds is 3. The van der Waals surface area contributed by atoms with Crippen LogP contribution in [0.15, 0.2) is 0 Å². The van der Waals surface area contributed by atoms with Gasteiger partial charge in [-0.1, -0.05) is 31.5 Å². The van der Waals surface area contributed by atoms with E-state index in [1.807, 2.05) is 6.92 Å². The first-order valence-electron chi connectivity index (χ1n) is 5.82. The van der Waals surface area contributed by atoms with Gasteiger partial charge >= 0.3 is 11.8 Å². The lowest BCUT2D eigenvalue weighted by atomic mass is 9.83. The molecule has 96 valence electrons. The van der Waals surface area contributed by atoms with Crippen LogP contribution in [0.25, 0.3) is 0 Å². The zero-order chi connectivity index (χ0) is 12.9. The molecule has 5 nitrogen and oxygen atoms in total. The van der Waals surface area contributed by atoms with Gasteiger partial charge in [0.25, 0.3) is 0 Å². The molecule has 0 spiro atoms. The van der Waals surface area contributed by atoms with E-state index in [1.54, 1.807) is 0 Å². The molecule has 0 unspecified atom stereocenters. The van der Waals surface area contributed by atoms with E-state index in [0.29, 0.717) is 0 Å². The number of amides is 2. The predicted molar refractivity (Wildman–Crippen MR) is 69.4 cm³/mol. The van der Waals surface area contributed by atoms with Crippen molar-refractivity contribution >= 4 is 29.0 Å². The Labute approximate surface area is 107 Å². The summed E-state index contributed by atoms with van der Waals surface area (Å²) in [6.07, 6.45) is 5.21. The minimum atomic E-state index is -0.676. The molecule has 17 heavy (non-hydrogen) atoms. The van der Waals surface area contributed by atoms with Gasteiger partial charge in [-0.15, -0.1) is 0 Å². The number of thiocarbonyl (C=S) groups is 1. The van der Waals surface area contributed by atoms with Crippen molar-refractivity contribution in [3.05, 3.63) is 0 Å².